The standard InChI is InChI=1S/C23H27N5O2/c1-26(16-18-12-7-4-8-13-18)22-24-20-19(21(29)25-23(30)27(20)2)28(22)15-9-14-17-10-5-3-6-11-17/h3-8,10-13,19-20H,9,14-16H2,1-2H3,(H,25,29,30). The SMILES string of the molecule is CN(Cc1ccccc1)C1=NC2C(C(=O)NC(=O)N2C)N1CCCc1ccccc1. The molecule has 2 aliphatic rings. The van der Waals surface area contributed by atoms with Gasteiger partial charge in [-0.1, -0.05) is 60.7 Å². The second-order valence-electron chi connectivity index (χ2n) is 7.82. The van der Waals surface area contributed by atoms with Crippen molar-refractivity contribution in [2.75, 3.05) is 20.6 Å². The molecule has 0 saturated carbocycles. The van der Waals surface area contributed by atoms with Gasteiger partial charge in [0.25, 0.3) is 5.91 Å². The Bertz CT molecular complexity index is 931. The number of rotatable bonds is 6. The summed E-state index contributed by atoms with van der Waals surface area (Å²) in [7, 11) is 3.66. The monoisotopic (exact) mass is 405 g/mol. The maximum absolute atomic E-state index is 12.7. The van der Waals surface area contributed by atoms with Gasteiger partial charge in [-0.2, -0.15) is 0 Å². The first-order valence-corrected chi connectivity index (χ1v) is 10.3. The molecule has 3 amide bonds. The molecule has 1 N–H and O–H groups in total. The van der Waals surface area contributed by atoms with E-state index < -0.39 is 18.2 Å². The summed E-state index contributed by atoms with van der Waals surface area (Å²) in [6.07, 6.45) is 1.30. The number of aryl methyl sites for hydroxylation is 1. The number of carbonyl (C=O) groups excluding carboxylic acids is 2. The van der Waals surface area contributed by atoms with Crippen LogP contribution in [0, 0.1) is 0 Å². The quantitative estimate of drug-likeness (QED) is 0.801. The van der Waals surface area contributed by atoms with Crippen molar-refractivity contribution in [3.63, 3.8) is 0 Å². The summed E-state index contributed by atoms with van der Waals surface area (Å²) in [5.41, 5.74) is 2.43. The number of amides is 3. The van der Waals surface area contributed by atoms with Crippen LogP contribution in [0.25, 0.3) is 0 Å². The van der Waals surface area contributed by atoms with E-state index in [0.717, 1.165) is 24.4 Å². The number of benzene rings is 2. The highest BCUT2D eigenvalue weighted by atomic mass is 16.2. The number of hydrogen-bond donors (Lipinski definition) is 1. The third-order valence-electron chi connectivity index (χ3n) is 5.65. The molecule has 7 heteroatoms. The van der Waals surface area contributed by atoms with Crippen molar-refractivity contribution in [2.45, 2.75) is 31.6 Å². The number of likely N-dealkylation sites (N-methyl/N-ethyl adjacent to an activating group) is 1. The van der Waals surface area contributed by atoms with Gasteiger partial charge in [0.1, 0.15) is 0 Å². The lowest BCUT2D eigenvalue weighted by atomic mass is 10.1. The summed E-state index contributed by atoms with van der Waals surface area (Å²) in [4.78, 5) is 35.3. The van der Waals surface area contributed by atoms with Gasteiger partial charge >= 0.3 is 6.03 Å². The van der Waals surface area contributed by atoms with Gasteiger partial charge in [-0.25, -0.2) is 9.79 Å². The summed E-state index contributed by atoms with van der Waals surface area (Å²) >= 11 is 0. The van der Waals surface area contributed by atoms with Gasteiger partial charge in [0.15, 0.2) is 18.2 Å². The molecule has 2 aromatic rings. The van der Waals surface area contributed by atoms with Crippen LogP contribution in [-0.2, 0) is 17.8 Å². The average Bonchev–Trinajstić information content (AvgIpc) is 3.14. The van der Waals surface area contributed by atoms with Gasteiger partial charge in [-0.05, 0) is 24.0 Å². The minimum atomic E-state index is -0.504. The van der Waals surface area contributed by atoms with E-state index in [1.54, 1.807) is 7.05 Å². The number of carbonyl (C=O) groups is 2. The zero-order chi connectivity index (χ0) is 21.1. The van der Waals surface area contributed by atoms with Crippen LogP contribution in [0.3, 0.4) is 0 Å². The van der Waals surface area contributed by atoms with Crippen LogP contribution < -0.4 is 5.32 Å². The van der Waals surface area contributed by atoms with Gasteiger partial charge in [0, 0.05) is 27.2 Å². The highest BCUT2D eigenvalue weighted by molar-refractivity contribution is 6.03. The Morgan fingerprint density at radius 3 is 2.30 bits per heavy atom. The van der Waals surface area contributed by atoms with Crippen LogP contribution >= 0.6 is 0 Å². The molecule has 7 nitrogen and oxygen atoms in total. The average molecular weight is 406 g/mol. The summed E-state index contributed by atoms with van der Waals surface area (Å²) in [5.74, 6) is 0.466. The maximum Gasteiger partial charge on any atom is 0.325 e. The van der Waals surface area contributed by atoms with Crippen LogP contribution in [0.1, 0.15) is 17.5 Å². The summed E-state index contributed by atoms with van der Waals surface area (Å²) in [6, 6.07) is 19.6. The van der Waals surface area contributed by atoms with Crippen LogP contribution in [0.4, 0.5) is 4.79 Å². The van der Waals surface area contributed by atoms with E-state index in [0.29, 0.717) is 13.1 Å². The Morgan fingerprint density at radius 2 is 1.63 bits per heavy atom. The predicted molar refractivity (Wildman–Crippen MR) is 116 cm³/mol. The highest BCUT2D eigenvalue weighted by Crippen LogP contribution is 2.26. The summed E-state index contributed by atoms with van der Waals surface area (Å²) in [6.45, 7) is 1.36. The number of guanidine groups is 1. The maximum atomic E-state index is 12.7. The number of hydrogen-bond acceptors (Lipinski definition) is 5. The third kappa shape index (κ3) is 4.01. The van der Waals surface area contributed by atoms with E-state index in [4.69, 9.17) is 4.99 Å². The number of fused-ring (bicyclic) bond motifs is 1. The molecule has 0 spiro atoms. The first-order valence-electron chi connectivity index (χ1n) is 10.3. The van der Waals surface area contributed by atoms with Crippen molar-refractivity contribution >= 4 is 17.9 Å². The minimum absolute atomic E-state index is 0.283. The Labute approximate surface area is 177 Å². The van der Waals surface area contributed by atoms with Gasteiger partial charge in [0.05, 0.1) is 0 Å². The zero-order valence-electron chi connectivity index (χ0n) is 17.4. The highest BCUT2D eigenvalue weighted by Gasteiger charge is 2.49. The number of urea groups is 1. The van der Waals surface area contributed by atoms with Crippen molar-refractivity contribution in [3.05, 3.63) is 71.8 Å². The van der Waals surface area contributed by atoms with E-state index in [1.165, 1.54) is 10.5 Å². The van der Waals surface area contributed by atoms with E-state index in [9.17, 15) is 9.59 Å². The fourth-order valence-corrected chi connectivity index (χ4v) is 4.09. The number of imide groups is 1. The molecule has 156 valence electrons. The second kappa shape index (κ2) is 8.57. The van der Waals surface area contributed by atoms with Crippen molar-refractivity contribution in [1.82, 2.24) is 20.0 Å². The smallest absolute Gasteiger partial charge is 0.325 e. The molecule has 0 aromatic heterocycles. The minimum Gasteiger partial charge on any atom is -0.341 e. The molecule has 1 fully saturated rings. The Morgan fingerprint density at radius 1 is 1.00 bits per heavy atom. The molecule has 30 heavy (non-hydrogen) atoms. The lowest BCUT2D eigenvalue weighted by Gasteiger charge is -2.37. The molecule has 0 bridgehead atoms. The van der Waals surface area contributed by atoms with Gasteiger partial charge in [-0.3, -0.25) is 10.1 Å². The lowest BCUT2D eigenvalue weighted by molar-refractivity contribution is -0.127. The van der Waals surface area contributed by atoms with Crippen LogP contribution in [0.15, 0.2) is 65.7 Å². The Hall–Kier alpha value is -3.35. The topological polar surface area (TPSA) is 68.2 Å². The fourth-order valence-electron chi connectivity index (χ4n) is 4.09. The first kappa shape index (κ1) is 19.9. The lowest BCUT2D eigenvalue weighted by Crippen LogP contribution is -2.64. The van der Waals surface area contributed by atoms with E-state index >= 15 is 0 Å². The van der Waals surface area contributed by atoms with Gasteiger partial charge < -0.3 is 14.7 Å². The third-order valence-corrected chi connectivity index (χ3v) is 5.65. The predicted octanol–water partition coefficient (Wildman–Crippen LogP) is 2.30. The van der Waals surface area contributed by atoms with E-state index in [1.807, 2.05) is 43.4 Å². The normalized spacial score (nSPS) is 20.7. The van der Waals surface area contributed by atoms with Crippen LogP contribution in [0.2, 0.25) is 0 Å². The molecule has 4 rings (SSSR count). The molecular formula is C23H27N5O2. The molecule has 1 saturated heterocycles. The van der Waals surface area contributed by atoms with Gasteiger partial charge in [0.2, 0.25) is 0 Å². The summed E-state index contributed by atoms with van der Waals surface area (Å²) in [5, 5.41) is 2.46. The molecular weight excluding hydrogens is 378 g/mol. The van der Waals surface area contributed by atoms with Crippen LogP contribution in [-0.4, -0.2) is 65.4 Å². The Kier molecular flexibility index (Phi) is 5.70. The van der Waals surface area contributed by atoms with Crippen molar-refractivity contribution in [1.29, 1.82) is 0 Å². The van der Waals surface area contributed by atoms with Crippen LogP contribution in [0.5, 0.6) is 0 Å². The largest absolute Gasteiger partial charge is 0.341 e. The van der Waals surface area contributed by atoms with Crippen molar-refractivity contribution in [2.24, 2.45) is 4.99 Å². The number of nitrogens with one attached hydrogen (secondary N) is 1. The first-order chi connectivity index (χ1) is 14.5. The Balaban J connectivity index is 1.54. The molecule has 2 atom stereocenters. The molecule has 2 aliphatic heterocycles. The molecule has 2 unspecified atom stereocenters. The molecule has 2 heterocycles. The number of nitrogens with zero attached hydrogens (tertiary/aromatic N) is 4. The van der Waals surface area contributed by atoms with E-state index in [-0.39, 0.29) is 5.91 Å². The van der Waals surface area contributed by atoms with Gasteiger partial charge in [-0.15, -0.1) is 0 Å². The molecule has 2 aromatic carbocycles. The van der Waals surface area contributed by atoms with E-state index in [2.05, 4.69) is 39.4 Å². The number of aliphatic imine (C=N–C) groups is 1. The van der Waals surface area contributed by atoms with Crippen molar-refractivity contribution < 1.29 is 9.59 Å². The molecule has 0 aliphatic carbocycles. The second-order valence-corrected chi connectivity index (χ2v) is 7.82. The zero-order valence-corrected chi connectivity index (χ0v) is 17.4. The summed E-state index contributed by atoms with van der Waals surface area (Å²) < 4.78 is 0. The van der Waals surface area contributed by atoms with Crippen molar-refractivity contribution in [3.8, 4) is 0 Å². The fraction of sp³-hybridized carbons (Fsp3) is 0.348. The molecule has 0 radical (unpaired) electrons.